The van der Waals surface area contributed by atoms with Crippen molar-refractivity contribution in [3.63, 3.8) is 0 Å². The summed E-state index contributed by atoms with van der Waals surface area (Å²) in [6.45, 7) is 13.8. The van der Waals surface area contributed by atoms with Crippen LogP contribution in [0, 0.1) is 23.7 Å². The number of ether oxygens (including phenoxy) is 1. The second kappa shape index (κ2) is 11.5. The van der Waals surface area contributed by atoms with E-state index in [1.807, 2.05) is 0 Å². The zero-order valence-electron chi connectivity index (χ0n) is 25.6. The van der Waals surface area contributed by atoms with Gasteiger partial charge in [-0.1, -0.05) is 77.4 Å². The van der Waals surface area contributed by atoms with Crippen LogP contribution in [-0.4, -0.2) is 24.3 Å². The molecule has 2 aromatic carbocycles. The van der Waals surface area contributed by atoms with Gasteiger partial charge in [0.2, 0.25) is 17.7 Å². The van der Waals surface area contributed by atoms with E-state index in [0.717, 1.165) is 25.0 Å². The summed E-state index contributed by atoms with van der Waals surface area (Å²) in [6, 6.07) is 11.5. The number of amides is 3. The maximum absolute atomic E-state index is 13.3. The van der Waals surface area contributed by atoms with Gasteiger partial charge < -0.3 is 10.1 Å². The molecule has 224 valence electrons. The summed E-state index contributed by atoms with van der Waals surface area (Å²) in [6.07, 6.45) is 7.85. The van der Waals surface area contributed by atoms with E-state index in [-0.39, 0.29) is 58.6 Å². The number of nitrogens with zero attached hydrogens (tertiary/aromatic N) is 1. The van der Waals surface area contributed by atoms with E-state index in [9.17, 15) is 14.4 Å². The fourth-order valence-electron chi connectivity index (χ4n) is 6.54. The second-order valence-electron chi connectivity index (χ2n) is 13.4. The maximum atomic E-state index is 13.3. The SMILES string of the molecule is CCC(C)(C)c1ccc(OCCCC(=O)Nc2ccc(Cl)c(N3C(=O)C4C5C=CC(C5)C4C3=O)c2)c(C(C)(C)CC)c1. The monoisotopic (exact) mass is 590 g/mol. The van der Waals surface area contributed by atoms with Gasteiger partial charge in [0, 0.05) is 17.7 Å². The number of rotatable bonds is 11. The molecule has 42 heavy (non-hydrogen) atoms. The summed E-state index contributed by atoms with van der Waals surface area (Å²) in [5.41, 5.74) is 3.39. The van der Waals surface area contributed by atoms with Crippen LogP contribution in [0.3, 0.4) is 0 Å². The highest BCUT2D eigenvalue weighted by Crippen LogP contribution is 2.53. The van der Waals surface area contributed by atoms with Crippen molar-refractivity contribution in [3.8, 4) is 5.75 Å². The van der Waals surface area contributed by atoms with Crippen LogP contribution in [0.2, 0.25) is 5.02 Å². The number of carbonyl (C=O) groups excluding carboxylic acids is 3. The number of nitrogens with one attached hydrogen (secondary N) is 1. The molecule has 0 spiro atoms. The van der Waals surface area contributed by atoms with Crippen LogP contribution in [0.15, 0.2) is 48.6 Å². The largest absolute Gasteiger partial charge is 0.493 e. The Labute approximate surface area is 254 Å². The number of anilines is 2. The molecule has 4 atom stereocenters. The van der Waals surface area contributed by atoms with Crippen LogP contribution in [0.1, 0.15) is 84.8 Å². The van der Waals surface area contributed by atoms with E-state index in [2.05, 4.69) is 77.2 Å². The fraction of sp³-hybridized carbons (Fsp3) is 0.514. The number of allylic oxidation sites excluding steroid dienone is 2. The Kier molecular flexibility index (Phi) is 8.32. The molecule has 7 heteroatoms. The van der Waals surface area contributed by atoms with Gasteiger partial charge in [-0.2, -0.15) is 0 Å². The Morgan fingerprint density at radius 3 is 2.21 bits per heavy atom. The predicted octanol–water partition coefficient (Wildman–Crippen LogP) is 7.82. The topological polar surface area (TPSA) is 75.7 Å². The molecule has 2 aliphatic carbocycles. The Morgan fingerprint density at radius 1 is 0.952 bits per heavy atom. The van der Waals surface area contributed by atoms with Crippen molar-refractivity contribution >= 4 is 40.7 Å². The lowest BCUT2D eigenvalue weighted by Gasteiger charge is -2.30. The Balaban J connectivity index is 1.20. The van der Waals surface area contributed by atoms with Crippen LogP contribution >= 0.6 is 11.6 Å². The molecule has 1 heterocycles. The van der Waals surface area contributed by atoms with Crippen LogP contribution < -0.4 is 15.0 Å². The number of hydrogen-bond acceptors (Lipinski definition) is 4. The molecule has 1 saturated heterocycles. The quantitative estimate of drug-likeness (QED) is 0.164. The van der Waals surface area contributed by atoms with Gasteiger partial charge >= 0.3 is 0 Å². The minimum Gasteiger partial charge on any atom is -0.493 e. The summed E-state index contributed by atoms with van der Waals surface area (Å²) in [5.74, 6) is -0.0549. The average Bonchev–Trinajstić information content (AvgIpc) is 3.65. The van der Waals surface area contributed by atoms with Crippen LogP contribution in [0.25, 0.3) is 0 Å². The Morgan fingerprint density at radius 2 is 1.60 bits per heavy atom. The first-order valence-electron chi connectivity index (χ1n) is 15.3. The average molecular weight is 591 g/mol. The summed E-state index contributed by atoms with van der Waals surface area (Å²) in [7, 11) is 0. The first-order chi connectivity index (χ1) is 19.9. The van der Waals surface area contributed by atoms with E-state index < -0.39 is 0 Å². The van der Waals surface area contributed by atoms with E-state index >= 15 is 0 Å². The van der Waals surface area contributed by atoms with E-state index in [1.165, 1.54) is 16.0 Å². The zero-order valence-corrected chi connectivity index (χ0v) is 26.4. The summed E-state index contributed by atoms with van der Waals surface area (Å²) in [4.78, 5) is 40.6. The van der Waals surface area contributed by atoms with Crippen molar-refractivity contribution in [1.82, 2.24) is 0 Å². The number of benzene rings is 2. The van der Waals surface area contributed by atoms with Crippen molar-refractivity contribution < 1.29 is 19.1 Å². The minimum atomic E-state index is -0.306. The van der Waals surface area contributed by atoms with Gasteiger partial charge in [0.25, 0.3) is 0 Å². The number of carbonyl (C=O) groups is 3. The molecule has 2 fully saturated rings. The maximum Gasteiger partial charge on any atom is 0.238 e. The zero-order chi connectivity index (χ0) is 30.4. The van der Waals surface area contributed by atoms with Crippen LogP contribution in [-0.2, 0) is 25.2 Å². The second-order valence-corrected chi connectivity index (χ2v) is 13.8. The molecule has 2 aromatic rings. The van der Waals surface area contributed by atoms with Crippen molar-refractivity contribution in [2.24, 2.45) is 23.7 Å². The summed E-state index contributed by atoms with van der Waals surface area (Å²) >= 11 is 6.46. The predicted molar refractivity (Wildman–Crippen MR) is 168 cm³/mol. The molecular weight excluding hydrogens is 548 g/mol. The molecule has 6 nitrogen and oxygen atoms in total. The highest BCUT2D eigenvalue weighted by molar-refractivity contribution is 6.36. The van der Waals surface area contributed by atoms with Gasteiger partial charge in [0.05, 0.1) is 29.2 Å². The first-order valence-corrected chi connectivity index (χ1v) is 15.7. The standard InChI is InChI=1S/C35H43ClN2O4/c1-7-34(3,4)23-13-16-28(25(19-23)35(5,6)8-2)42-17-9-10-29(39)37-24-14-15-26(36)27(20-24)38-32(40)30-21-11-12-22(18-21)31(30)33(38)41/h11-16,19-22,30-31H,7-10,17-18H2,1-6H3,(H,37,39). The Bertz CT molecular complexity index is 1400. The van der Waals surface area contributed by atoms with Crippen molar-refractivity contribution in [2.75, 3.05) is 16.8 Å². The molecular formula is C35H43ClN2O4. The summed E-state index contributed by atoms with van der Waals surface area (Å²) in [5, 5.41) is 3.21. The van der Waals surface area contributed by atoms with E-state index in [4.69, 9.17) is 16.3 Å². The first kappa shape index (κ1) is 30.3. The molecule has 1 aliphatic heterocycles. The van der Waals surface area contributed by atoms with E-state index in [1.54, 1.807) is 18.2 Å². The molecule has 2 bridgehead atoms. The molecule has 5 rings (SSSR count). The normalized spacial score (nSPS) is 23.1. The van der Waals surface area contributed by atoms with Gasteiger partial charge in [-0.25, -0.2) is 4.90 Å². The van der Waals surface area contributed by atoms with Gasteiger partial charge in [-0.05, 0) is 78.2 Å². The van der Waals surface area contributed by atoms with Gasteiger partial charge in [0.15, 0.2) is 0 Å². The third kappa shape index (κ3) is 5.50. The minimum absolute atomic E-state index is 0.0360. The fourth-order valence-corrected chi connectivity index (χ4v) is 6.74. The molecule has 1 saturated carbocycles. The smallest absolute Gasteiger partial charge is 0.238 e. The lowest BCUT2D eigenvalue weighted by Crippen LogP contribution is -2.33. The van der Waals surface area contributed by atoms with Crippen molar-refractivity contribution in [1.29, 1.82) is 0 Å². The molecule has 4 unspecified atom stereocenters. The number of fused-ring (bicyclic) bond motifs is 5. The van der Waals surface area contributed by atoms with Gasteiger partial charge in [-0.3, -0.25) is 14.4 Å². The molecule has 3 aliphatic rings. The van der Waals surface area contributed by atoms with Crippen LogP contribution in [0.5, 0.6) is 5.75 Å². The van der Waals surface area contributed by atoms with E-state index in [0.29, 0.717) is 29.4 Å². The number of imide groups is 1. The third-order valence-electron chi connectivity index (χ3n) is 10.0. The number of halogens is 1. The van der Waals surface area contributed by atoms with Crippen molar-refractivity contribution in [3.05, 3.63) is 64.7 Å². The van der Waals surface area contributed by atoms with Gasteiger partial charge in [-0.15, -0.1) is 0 Å². The molecule has 1 N–H and O–H groups in total. The van der Waals surface area contributed by atoms with Crippen LogP contribution in [0.4, 0.5) is 11.4 Å². The highest BCUT2D eigenvalue weighted by Gasteiger charge is 2.59. The summed E-state index contributed by atoms with van der Waals surface area (Å²) < 4.78 is 6.23. The Hall–Kier alpha value is -3.12. The lowest BCUT2D eigenvalue weighted by molar-refractivity contribution is -0.123. The van der Waals surface area contributed by atoms with Crippen molar-refractivity contribution in [2.45, 2.75) is 84.5 Å². The molecule has 3 amide bonds. The lowest BCUT2D eigenvalue weighted by atomic mass is 9.76. The molecule has 0 radical (unpaired) electrons. The third-order valence-corrected chi connectivity index (χ3v) is 10.3. The molecule has 0 aromatic heterocycles. The highest BCUT2D eigenvalue weighted by atomic mass is 35.5. The van der Waals surface area contributed by atoms with Gasteiger partial charge in [0.1, 0.15) is 5.75 Å². The number of hydrogen-bond donors (Lipinski definition) is 1.